The van der Waals surface area contributed by atoms with Crippen LogP contribution in [0.3, 0.4) is 0 Å². The summed E-state index contributed by atoms with van der Waals surface area (Å²) in [5, 5.41) is 35.7. The number of hydrogen-bond acceptors (Lipinski definition) is 5. The van der Waals surface area contributed by atoms with Crippen LogP contribution in [0, 0.1) is 0 Å². The van der Waals surface area contributed by atoms with Crippen molar-refractivity contribution in [3.05, 3.63) is 48.0 Å². The number of carbonyl (C=O) groups is 2. The molecule has 7 heteroatoms. The van der Waals surface area contributed by atoms with Crippen LogP contribution in [-0.4, -0.2) is 43.9 Å². The average molecular weight is 314 g/mol. The van der Waals surface area contributed by atoms with E-state index < -0.39 is 11.9 Å². The highest BCUT2D eigenvalue weighted by Gasteiger charge is 2.09. The fraction of sp³-hybridized carbons (Fsp3) is 0.286. The summed E-state index contributed by atoms with van der Waals surface area (Å²) in [6.45, 7) is 6.46. The van der Waals surface area contributed by atoms with E-state index in [0.29, 0.717) is 11.5 Å². The maximum atomic E-state index is 10.9. The minimum Gasteiger partial charge on any atom is -0.513 e. The molecule has 4 N–H and O–H groups in total. The summed E-state index contributed by atoms with van der Waals surface area (Å²) in [6.07, 6.45) is 2.62. The van der Waals surface area contributed by atoms with Gasteiger partial charge in [0, 0.05) is 35.5 Å². The number of carboxylic acids is 2. The molecule has 0 bridgehead atoms. The van der Waals surface area contributed by atoms with Crippen molar-refractivity contribution in [1.82, 2.24) is 0 Å². The van der Waals surface area contributed by atoms with Crippen LogP contribution in [0.5, 0.6) is 0 Å². The fourth-order valence-electron chi connectivity index (χ4n) is 1.30. The van der Waals surface area contributed by atoms with E-state index >= 15 is 0 Å². The molecule has 0 aliphatic rings. The molecule has 6 nitrogen and oxygen atoms in total. The molecular weight excluding hydrogens is 296 g/mol. The number of rotatable bonds is 10. The Morgan fingerprint density at radius 1 is 0.810 bits per heavy atom. The van der Waals surface area contributed by atoms with E-state index in [4.69, 9.17) is 20.4 Å². The maximum absolute atomic E-state index is 10.9. The van der Waals surface area contributed by atoms with Crippen molar-refractivity contribution >= 4 is 23.7 Å². The van der Waals surface area contributed by atoms with Crippen LogP contribution in [0.25, 0.3) is 0 Å². The van der Waals surface area contributed by atoms with Gasteiger partial charge in [-0.3, -0.25) is 0 Å². The summed E-state index contributed by atoms with van der Waals surface area (Å²) in [6, 6.07) is 0. The van der Waals surface area contributed by atoms with Crippen LogP contribution < -0.4 is 0 Å². The van der Waals surface area contributed by atoms with Gasteiger partial charge in [-0.15, -0.1) is 0 Å². The highest BCUT2D eigenvalue weighted by Crippen LogP contribution is 2.13. The number of aliphatic hydroxyl groups is 2. The van der Waals surface area contributed by atoms with Gasteiger partial charge in [0.25, 0.3) is 0 Å². The Kier molecular flexibility index (Phi) is 8.71. The standard InChI is InChI=1S/C14H18O6S/c1-9(15)7-11(13(17)18)3-5-21-6-4-12(14(19)20)8-10(2)16/h3-4,15-16H,1-2,5-8H2,(H,17,18)(H,19,20). The summed E-state index contributed by atoms with van der Waals surface area (Å²) in [5.41, 5.74) is 0.0577. The van der Waals surface area contributed by atoms with E-state index in [0.717, 1.165) is 0 Å². The lowest BCUT2D eigenvalue weighted by Gasteiger charge is -2.02. The van der Waals surface area contributed by atoms with E-state index in [-0.39, 0.29) is 35.5 Å². The summed E-state index contributed by atoms with van der Waals surface area (Å²) >= 11 is 1.30. The van der Waals surface area contributed by atoms with Gasteiger partial charge in [0.1, 0.15) is 0 Å². The molecule has 0 aliphatic heterocycles. The van der Waals surface area contributed by atoms with Crippen molar-refractivity contribution in [1.29, 1.82) is 0 Å². The van der Waals surface area contributed by atoms with Gasteiger partial charge >= 0.3 is 11.9 Å². The van der Waals surface area contributed by atoms with E-state index in [2.05, 4.69) is 13.2 Å². The first-order valence-electron chi connectivity index (χ1n) is 5.90. The molecule has 0 unspecified atom stereocenters. The van der Waals surface area contributed by atoms with Crippen LogP contribution in [-0.2, 0) is 9.59 Å². The highest BCUT2D eigenvalue weighted by molar-refractivity contribution is 7.99. The second-order valence-corrected chi connectivity index (χ2v) is 5.17. The van der Waals surface area contributed by atoms with E-state index in [1.165, 1.54) is 23.9 Å². The maximum Gasteiger partial charge on any atom is 0.331 e. The molecule has 0 fully saturated rings. The van der Waals surface area contributed by atoms with Gasteiger partial charge in [0.15, 0.2) is 0 Å². The molecule has 21 heavy (non-hydrogen) atoms. The SMILES string of the molecule is C=C(O)CC(=CCSCC=C(CC(=C)O)C(=O)O)C(=O)O. The normalized spacial score (nSPS) is 12.0. The number of carboxylic acid groups (broad SMARTS) is 2. The number of aliphatic carboxylic acids is 2. The molecule has 0 saturated heterocycles. The first-order chi connectivity index (χ1) is 9.73. The summed E-state index contributed by atoms with van der Waals surface area (Å²) in [5.74, 6) is -2.05. The van der Waals surface area contributed by atoms with Gasteiger partial charge in [-0.2, -0.15) is 11.8 Å². The van der Waals surface area contributed by atoms with Crippen molar-refractivity contribution in [2.75, 3.05) is 11.5 Å². The van der Waals surface area contributed by atoms with Gasteiger partial charge < -0.3 is 20.4 Å². The van der Waals surface area contributed by atoms with Gasteiger partial charge in [0.2, 0.25) is 0 Å². The van der Waals surface area contributed by atoms with Crippen LogP contribution in [0.4, 0.5) is 0 Å². The molecule has 116 valence electrons. The zero-order valence-electron chi connectivity index (χ0n) is 11.4. The van der Waals surface area contributed by atoms with E-state index in [9.17, 15) is 9.59 Å². The number of hydrogen-bond donors (Lipinski definition) is 4. The lowest BCUT2D eigenvalue weighted by molar-refractivity contribution is -0.133. The Labute approximate surface area is 126 Å². The predicted octanol–water partition coefficient (Wildman–Crippen LogP) is 2.67. The topological polar surface area (TPSA) is 115 Å². The van der Waals surface area contributed by atoms with E-state index in [1.54, 1.807) is 0 Å². The molecule has 0 amide bonds. The van der Waals surface area contributed by atoms with Gasteiger partial charge in [-0.1, -0.05) is 25.3 Å². The molecule has 0 aromatic heterocycles. The fourth-order valence-corrected chi connectivity index (χ4v) is 2.07. The van der Waals surface area contributed by atoms with Crippen molar-refractivity contribution in [2.45, 2.75) is 12.8 Å². The molecule has 0 rings (SSSR count). The molecular formula is C14H18O6S. The Balaban J connectivity index is 4.45. The largest absolute Gasteiger partial charge is 0.513 e. The zero-order chi connectivity index (χ0) is 16.4. The van der Waals surface area contributed by atoms with Gasteiger partial charge in [-0.25, -0.2) is 9.59 Å². The second kappa shape index (κ2) is 9.71. The molecule has 0 aliphatic carbocycles. The lowest BCUT2D eigenvalue weighted by Crippen LogP contribution is -2.03. The highest BCUT2D eigenvalue weighted by atomic mass is 32.2. The summed E-state index contributed by atoms with van der Waals surface area (Å²) < 4.78 is 0. The quantitative estimate of drug-likeness (QED) is 0.278. The van der Waals surface area contributed by atoms with Crippen molar-refractivity contribution < 1.29 is 30.0 Å². The lowest BCUT2D eigenvalue weighted by atomic mass is 10.1. The Hall–Kier alpha value is -2.15. The Morgan fingerprint density at radius 3 is 1.38 bits per heavy atom. The van der Waals surface area contributed by atoms with Gasteiger partial charge in [0.05, 0.1) is 11.5 Å². The van der Waals surface area contributed by atoms with Crippen molar-refractivity contribution in [2.24, 2.45) is 0 Å². The van der Waals surface area contributed by atoms with Crippen LogP contribution in [0.1, 0.15) is 12.8 Å². The molecule has 0 heterocycles. The van der Waals surface area contributed by atoms with Gasteiger partial charge in [-0.05, 0) is 0 Å². The number of allylic oxidation sites excluding steroid dienone is 2. The molecule has 0 radical (unpaired) electrons. The predicted molar refractivity (Wildman–Crippen MR) is 81.5 cm³/mol. The number of aliphatic hydroxyl groups excluding tert-OH is 2. The third-order valence-electron chi connectivity index (χ3n) is 2.23. The first-order valence-corrected chi connectivity index (χ1v) is 7.05. The second-order valence-electron chi connectivity index (χ2n) is 4.09. The van der Waals surface area contributed by atoms with Crippen molar-refractivity contribution in [3.8, 4) is 0 Å². The van der Waals surface area contributed by atoms with Crippen LogP contribution in [0.2, 0.25) is 0 Å². The molecule has 0 aromatic carbocycles. The van der Waals surface area contributed by atoms with Crippen LogP contribution in [0.15, 0.2) is 48.0 Å². The average Bonchev–Trinajstić information content (AvgIpc) is 2.34. The van der Waals surface area contributed by atoms with Crippen LogP contribution >= 0.6 is 11.8 Å². The summed E-state index contributed by atoms with van der Waals surface area (Å²) in [7, 11) is 0. The minimum atomic E-state index is -1.14. The van der Waals surface area contributed by atoms with Crippen molar-refractivity contribution in [3.63, 3.8) is 0 Å². The molecule has 0 saturated carbocycles. The molecule has 0 spiro atoms. The third kappa shape index (κ3) is 9.39. The molecule has 0 atom stereocenters. The first kappa shape index (κ1) is 18.9. The smallest absolute Gasteiger partial charge is 0.331 e. The Morgan fingerprint density at radius 2 is 1.14 bits per heavy atom. The minimum absolute atomic E-state index is 0.0289. The number of thioether (sulfide) groups is 1. The van der Waals surface area contributed by atoms with E-state index in [1.807, 2.05) is 0 Å². The third-order valence-corrected chi connectivity index (χ3v) is 3.04. The monoisotopic (exact) mass is 314 g/mol. The zero-order valence-corrected chi connectivity index (χ0v) is 12.2. The molecule has 0 aromatic rings. The summed E-state index contributed by atoms with van der Waals surface area (Å²) in [4.78, 5) is 21.7. The Bertz CT molecular complexity index is 446.